The van der Waals surface area contributed by atoms with Crippen molar-refractivity contribution in [2.45, 2.75) is 118 Å². The summed E-state index contributed by atoms with van der Waals surface area (Å²) >= 11 is 0. The zero-order valence-electron chi connectivity index (χ0n) is 25.5. The van der Waals surface area contributed by atoms with Gasteiger partial charge in [-0.3, -0.25) is 9.48 Å². The van der Waals surface area contributed by atoms with Crippen LogP contribution in [0.15, 0.2) is 47.6 Å². The standard InChI is InChI=1S/C8H15NO.C7H11FN2.C7H12N2.C7H11NO/c1-8(2,3)9-7(10)6-4-5-6;1-7(2,3)10-6(8)4-5-9-10;1-7(2,3)9-6-4-5-8-9;1-7(2,3)6-8-4-5-9-6/h6H,4-5H2,1-3H3,(H,9,10);4-5H,1-3H3;4-6H,1-3H3;4-5H,1-3H3. The summed E-state index contributed by atoms with van der Waals surface area (Å²) in [6.45, 7) is 24.3. The van der Waals surface area contributed by atoms with Crippen molar-refractivity contribution >= 4 is 5.91 Å². The number of nitrogens with zero attached hydrogens (tertiary/aromatic N) is 5. The first-order chi connectivity index (χ1) is 17.2. The third-order valence-corrected chi connectivity index (χ3v) is 4.94. The number of rotatable bonds is 1. The molecule has 1 fully saturated rings. The predicted molar refractivity (Wildman–Crippen MR) is 150 cm³/mol. The summed E-state index contributed by atoms with van der Waals surface area (Å²) in [6, 6.07) is 3.29. The van der Waals surface area contributed by atoms with Gasteiger partial charge in [-0.05, 0) is 81.2 Å². The van der Waals surface area contributed by atoms with Crippen molar-refractivity contribution in [1.29, 1.82) is 0 Å². The Morgan fingerprint density at radius 2 is 1.53 bits per heavy atom. The average Bonchev–Trinajstić information content (AvgIpc) is 3.17. The van der Waals surface area contributed by atoms with E-state index in [0.29, 0.717) is 5.92 Å². The van der Waals surface area contributed by atoms with E-state index in [9.17, 15) is 9.18 Å². The molecule has 0 atom stereocenters. The molecule has 1 saturated carbocycles. The zero-order chi connectivity index (χ0) is 29.4. The number of carbonyl (C=O) groups is 1. The van der Waals surface area contributed by atoms with Gasteiger partial charge >= 0.3 is 0 Å². The van der Waals surface area contributed by atoms with Gasteiger partial charge in [-0.15, -0.1) is 0 Å². The van der Waals surface area contributed by atoms with Crippen LogP contribution in [0.1, 0.15) is 102 Å². The molecule has 0 saturated heterocycles. The Morgan fingerprint density at radius 1 is 0.921 bits per heavy atom. The van der Waals surface area contributed by atoms with Crippen molar-refractivity contribution in [3.05, 3.63) is 55.0 Å². The molecule has 0 bridgehead atoms. The topological polar surface area (TPSA) is 90.8 Å². The van der Waals surface area contributed by atoms with Gasteiger partial charge in [0.05, 0.1) is 23.5 Å². The summed E-state index contributed by atoms with van der Waals surface area (Å²) in [5.74, 6) is 1.07. The largest absolute Gasteiger partial charge is 0.448 e. The molecule has 1 aliphatic carbocycles. The van der Waals surface area contributed by atoms with Gasteiger partial charge in [-0.1, -0.05) is 20.8 Å². The summed E-state index contributed by atoms with van der Waals surface area (Å²) in [6.07, 6.45) is 10.7. The maximum absolute atomic E-state index is 12.7. The van der Waals surface area contributed by atoms with Crippen LogP contribution in [0.5, 0.6) is 0 Å². The second kappa shape index (κ2) is 13.2. The van der Waals surface area contributed by atoms with E-state index in [0.717, 1.165) is 18.7 Å². The van der Waals surface area contributed by atoms with Crippen LogP contribution < -0.4 is 5.32 Å². The Bertz CT molecular complexity index is 1010. The number of hydrogen-bond donors (Lipinski definition) is 1. The summed E-state index contributed by atoms with van der Waals surface area (Å²) in [5, 5.41) is 10.9. The number of hydrogen-bond acceptors (Lipinski definition) is 5. The molecule has 3 aromatic heterocycles. The number of nitrogens with one attached hydrogen (secondary N) is 1. The Labute approximate surface area is 228 Å². The van der Waals surface area contributed by atoms with Crippen molar-refractivity contribution in [2.24, 2.45) is 5.92 Å². The molecule has 1 aliphatic rings. The van der Waals surface area contributed by atoms with E-state index in [4.69, 9.17) is 4.42 Å². The summed E-state index contributed by atoms with van der Waals surface area (Å²) in [7, 11) is 0. The highest BCUT2D eigenvalue weighted by Crippen LogP contribution is 2.29. The fourth-order valence-electron chi connectivity index (χ4n) is 2.86. The number of halogens is 1. The van der Waals surface area contributed by atoms with Gasteiger partial charge in [0, 0.05) is 35.3 Å². The molecule has 9 heteroatoms. The second-order valence-corrected chi connectivity index (χ2v) is 13.5. The third kappa shape index (κ3) is 13.0. The normalized spacial score (nSPS) is 13.7. The van der Waals surface area contributed by atoms with E-state index in [1.54, 1.807) is 18.7 Å². The van der Waals surface area contributed by atoms with E-state index >= 15 is 0 Å². The molecule has 3 heterocycles. The van der Waals surface area contributed by atoms with Crippen LogP contribution in [0.3, 0.4) is 0 Å². The molecule has 0 aliphatic heterocycles. The molecule has 0 unspecified atom stereocenters. The summed E-state index contributed by atoms with van der Waals surface area (Å²) < 4.78 is 21.1. The van der Waals surface area contributed by atoms with Crippen LogP contribution >= 0.6 is 0 Å². The number of oxazole rings is 1. The quantitative estimate of drug-likeness (QED) is 0.377. The van der Waals surface area contributed by atoms with E-state index in [1.807, 2.05) is 58.5 Å². The van der Waals surface area contributed by atoms with Crippen LogP contribution in [0, 0.1) is 11.9 Å². The van der Waals surface area contributed by atoms with Gasteiger partial charge < -0.3 is 9.73 Å². The van der Waals surface area contributed by atoms with E-state index in [-0.39, 0.29) is 33.9 Å². The van der Waals surface area contributed by atoms with Crippen LogP contribution in [0.4, 0.5) is 4.39 Å². The van der Waals surface area contributed by atoms with Crippen LogP contribution in [-0.4, -0.2) is 36.0 Å². The molecule has 214 valence electrons. The van der Waals surface area contributed by atoms with Crippen molar-refractivity contribution in [2.75, 3.05) is 0 Å². The third-order valence-electron chi connectivity index (χ3n) is 4.94. The maximum atomic E-state index is 12.7. The molecule has 3 aromatic rings. The monoisotopic (exact) mass is 532 g/mol. The SMILES string of the molecule is CC(C)(C)NC(=O)C1CC1.CC(C)(C)c1ncco1.CC(C)(C)n1cccn1.CC(C)(C)n1nccc1F. The predicted octanol–water partition coefficient (Wildman–Crippen LogP) is 6.70. The van der Waals surface area contributed by atoms with Gasteiger partial charge in [0.15, 0.2) is 5.89 Å². The highest BCUT2D eigenvalue weighted by atomic mass is 19.1. The van der Waals surface area contributed by atoms with Gasteiger partial charge in [-0.2, -0.15) is 14.6 Å². The fraction of sp³-hybridized carbons (Fsp3) is 0.655. The molecular weight excluding hydrogens is 483 g/mol. The first-order valence-electron chi connectivity index (χ1n) is 13.1. The van der Waals surface area contributed by atoms with Crippen LogP contribution in [0.2, 0.25) is 0 Å². The minimum absolute atomic E-state index is 0.0451. The molecule has 0 radical (unpaired) electrons. The van der Waals surface area contributed by atoms with Crippen LogP contribution in [0.25, 0.3) is 0 Å². The minimum Gasteiger partial charge on any atom is -0.448 e. The lowest BCUT2D eigenvalue weighted by molar-refractivity contribution is -0.123. The number of aromatic nitrogens is 5. The fourth-order valence-corrected chi connectivity index (χ4v) is 2.86. The molecule has 8 nitrogen and oxygen atoms in total. The Kier molecular flexibility index (Phi) is 11.5. The average molecular weight is 533 g/mol. The van der Waals surface area contributed by atoms with Gasteiger partial charge in [-0.25, -0.2) is 9.67 Å². The molecule has 0 aromatic carbocycles. The first kappa shape index (κ1) is 33.1. The molecule has 1 N–H and O–H groups in total. The van der Waals surface area contributed by atoms with Crippen molar-refractivity contribution in [3.8, 4) is 0 Å². The van der Waals surface area contributed by atoms with Gasteiger partial charge in [0.1, 0.15) is 6.26 Å². The molecular formula is C29H49FN6O2. The van der Waals surface area contributed by atoms with Crippen LogP contribution in [-0.2, 0) is 21.3 Å². The summed E-state index contributed by atoms with van der Waals surface area (Å²) in [5.41, 5.74) is -0.139. The molecule has 0 spiro atoms. The first-order valence-corrected chi connectivity index (χ1v) is 13.1. The smallest absolute Gasteiger partial charge is 0.223 e. The van der Waals surface area contributed by atoms with Crippen molar-refractivity contribution in [1.82, 2.24) is 29.9 Å². The Balaban J connectivity index is 0.000000254. The second-order valence-electron chi connectivity index (χ2n) is 13.5. The van der Waals surface area contributed by atoms with E-state index in [1.165, 1.54) is 16.9 Å². The summed E-state index contributed by atoms with van der Waals surface area (Å²) in [4.78, 5) is 15.1. The highest BCUT2D eigenvalue weighted by Gasteiger charge is 2.31. The number of carbonyl (C=O) groups excluding carboxylic acids is 1. The number of amides is 1. The maximum Gasteiger partial charge on any atom is 0.223 e. The van der Waals surface area contributed by atoms with Crippen molar-refractivity contribution in [3.63, 3.8) is 0 Å². The molecule has 4 rings (SSSR count). The van der Waals surface area contributed by atoms with Crippen molar-refractivity contribution < 1.29 is 13.6 Å². The van der Waals surface area contributed by atoms with E-state index < -0.39 is 0 Å². The van der Waals surface area contributed by atoms with E-state index in [2.05, 4.69) is 62.0 Å². The zero-order valence-corrected chi connectivity index (χ0v) is 25.5. The lowest BCUT2D eigenvalue weighted by atomic mass is 9.97. The molecule has 38 heavy (non-hydrogen) atoms. The lowest BCUT2D eigenvalue weighted by Gasteiger charge is -2.20. The molecule has 1 amide bonds. The highest BCUT2D eigenvalue weighted by molar-refractivity contribution is 5.81. The lowest BCUT2D eigenvalue weighted by Crippen LogP contribution is -2.41. The Hall–Kier alpha value is -2.97. The Morgan fingerprint density at radius 3 is 1.76 bits per heavy atom. The minimum atomic E-state index is -0.285. The van der Waals surface area contributed by atoms with Gasteiger partial charge in [0.2, 0.25) is 11.9 Å². The van der Waals surface area contributed by atoms with Gasteiger partial charge in [0.25, 0.3) is 0 Å².